The summed E-state index contributed by atoms with van der Waals surface area (Å²) in [5, 5.41) is 31.3. The summed E-state index contributed by atoms with van der Waals surface area (Å²) in [6, 6.07) is 11.7. The van der Waals surface area contributed by atoms with E-state index < -0.39 is 0 Å². The number of phenols is 2. The van der Waals surface area contributed by atoms with Gasteiger partial charge in [-0.2, -0.15) is 5.10 Å². The number of aromatic nitrogens is 3. The monoisotopic (exact) mass is 439 g/mol. The molecule has 1 aliphatic rings. The van der Waals surface area contributed by atoms with Crippen LogP contribution >= 0.6 is 12.2 Å². The Morgan fingerprint density at radius 2 is 1.74 bits per heavy atom. The Hall–Kier alpha value is -2.68. The molecule has 2 aromatic carbocycles. The van der Waals surface area contributed by atoms with Crippen molar-refractivity contribution < 1.29 is 10.2 Å². The minimum absolute atomic E-state index is 0.0235. The summed E-state index contributed by atoms with van der Waals surface area (Å²) in [6.07, 6.45) is 0. The van der Waals surface area contributed by atoms with E-state index in [9.17, 15) is 10.2 Å². The molecule has 31 heavy (non-hydrogen) atoms. The van der Waals surface area contributed by atoms with Gasteiger partial charge in [0.05, 0.1) is 12.1 Å². The highest BCUT2D eigenvalue weighted by Crippen LogP contribution is 2.37. The number of phenolic OH excluding ortho intramolecular Hbond substituents is 2. The van der Waals surface area contributed by atoms with Gasteiger partial charge in [0.25, 0.3) is 0 Å². The predicted octanol–water partition coefficient (Wildman–Crippen LogP) is 3.60. The lowest BCUT2D eigenvalue weighted by atomic mass is 9.98. The number of aromatic amines is 1. The zero-order valence-corrected chi connectivity index (χ0v) is 18.7. The second-order valence-electron chi connectivity index (χ2n) is 8.37. The molecule has 0 saturated carbocycles. The highest BCUT2D eigenvalue weighted by atomic mass is 32.1. The van der Waals surface area contributed by atoms with Crippen LogP contribution in [-0.2, 0) is 13.1 Å². The van der Waals surface area contributed by atoms with E-state index in [4.69, 9.17) is 12.2 Å². The topological polar surface area (TPSA) is 89.3 Å². The fourth-order valence-electron chi connectivity index (χ4n) is 4.04. The van der Waals surface area contributed by atoms with Gasteiger partial charge in [0.2, 0.25) is 0 Å². The molecule has 164 valence electrons. The maximum absolute atomic E-state index is 10.5. The molecule has 3 aromatic rings. The van der Waals surface area contributed by atoms with E-state index in [1.165, 1.54) is 11.6 Å². The summed E-state index contributed by atoms with van der Waals surface area (Å²) in [4.78, 5) is 2.45. The second-order valence-corrected chi connectivity index (χ2v) is 8.75. The Kier molecular flexibility index (Phi) is 6.41. The zero-order valence-electron chi connectivity index (χ0n) is 17.9. The van der Waals surface area contributed by atoms with Crippen LogP contribution in [0, 0.1) is 4.77 Å². The molecule has 0 aliphatic carbocycles. The summed E-state index contributed by atoms with van der Waals surface area (Å²) in [5.41, 5.74) is 3.69. The van der Waals surface area contributed by atoms with Crippen molar-refractivity contribution in [3.63, 3.8) is 0 Å². The van der Waals surface area contributed by atoms with Gasteiger partial charge in [-0.05, 0) is 40.9 Å². The maximum Gasteiger partial charge on any atom is 0.195 e. The lowest BCUT2D eigenvalue weighted by Gasteiger charge is -2.27. The number of nitrogens with zero attached hydrogens (tertiary/aromatic N) is 3. The average Bonchev–Trinajstić information content (AvgIpc) is 3.09. The van der Waals surface area contributed by atoms with Crippen LogP contribution in [0.2, 0.25) is 0 Å². The number of benzene rings is 2. The van der Waals surface area contributed by atoms with Gasteiger partial charge in [-0.25, -0.2) is 0 Å². The smallest absolute Gasteiger partial charge is 0.195 e. The van der Waals surface area contributed by atoms with E-state index in [1.807, 2.05) is 18.4 Å². The Bertz CT molecular complexity index is 1120. The highest BCUT2D eigenvalue weighted by molar-refractivity contribution is 7.71. The highest BCUT2D eigenvalue weighted by Gasteiger charge is 2.18. The Labute approximate surface area is 187 Å². The third-order valence-electron chi connectivity index (χ3n) is 5.71. The van der Waals surface area contributed by atoms with Gasteiger partial charge >= 0.3 is 0 Å². The second kappa shape index (κ2) is 9.21. The predicted molar refractivity (Wildman–Crippen MR) is 124 cm³/mol. The third kappa shape index (κ3) is 4.81. The van der Waals surface area contributed by atoms with Crippen LogP contribution < -0.4 is 5.32 Å². The molecular formula is C23H29N5O2S. The van der Waals surface area contributed by atoms with Crippen molar-refractivity contribution in [2.75, 3.05) is 26.2 Å². The Balaban J connectivity index is 1.63. The zero-order chi connectivity index (χ0) is 22.0. The number of hydrogen-bond acceptors (Lipinski definition) is 6. The fraction of sp³-hybridized carbons (Fsp3) is 0.391. The SMILES string of the molecule is CC(C)c1cc(-c2n[nH]c(=S)n2Cc2cccc(CN3CCNCC3)c2)c(O)cc1O. The lowest BCUT2D eigenvalue weighted by molar-refractivity contribution is 0.233. The van der Waals surface area contributed by atoms with Crippen molar-refractivity contribution in [1.29, 1.82) is 0 Å². The average molecular weight is 440 g/mol. The molecule has 0 spiro atoms. The molecule has 1 fully saturated rings. The van der Waals surface area contributed by atoms with Crippen molar-refractivity contribution in [2.24, 2.45) is 0 Å². The maximum atomic E-state index is 10.5. The van der Waals surface area contributed by atoms with Gasteiger partial charge in [-0.15, -0.1) is 0 Å². The summed E-state index contributed by atoms with van der Waals surface area (Å²) in [6.45, 7) is 9.63. The summed E-state index contributed by atoms with van der Waals surface area (Å²) in [7, 11) is 0. The van der Waals surface area contributed by atoms with Crippen molar-refractivity contribution in [2.45, 2.75) is 32.9 Å². The molecule has 4 rings (SSSR count). The number of piperazine rings is 1. The number of H-pyrrole nitrogens is 1. The normalized spacial score (nSPS) is 14.9. The molecule has 8 heteroatoms. The minimum atomic E-state index is -0.0235. The van der Waals surface area contributed by atoms with E-state index in [-0.39, 0.29) is 17.4 Å². The molecule has 0 radical (unpaired) electrons. The van der Waals surface area contributed by atoms with Crippen LogP contribution in [0.5, 0.6) is 11.5 Å². The van der Waals surface area contributed by atoms with E-state index in [0.29, 0.717) is 22.7 Å². The number of nitrogens with one attached hydrogen (secondary N) is 2. The van der Waals surface area contributed by atoms with Crippen molar-refractivity contribution in [3.05, 3.63) is 57.9 Å². The van der Waals surface area contributed by atoms with E-state index in [0.717, 1.165) is 43.9 Å². The van der Waals surface area contributed by atoms with E-state index in [2.05, 4.69) is 44.7 Å². The summed E-state index contributed by atoms with van der Waals surface area (Å²) < 4.78 is 2.37. The minimum Gasteiger partial charge on any atom is -0.508 e. The molecule has 1 aromatic heterocycles. The van der Waals surface area contributed by atoms with Crippen LogP contribution in [0.15, 0.2) is 36.4 Å². The first-order chi connectivity index (χ1) is 14.9. The molecule has 0 amide bonds. The van der Waals surface area contributed by atoms with Crippen LogP contribution in [0.3, 0.4) is 0 Å². The van der Waals surface area contributed by atoms with Crippen molar-refractivity contribution in [3.8, 4) is 22.9 Å². The molecule has 0 atom stereocenters. The molecule has 0 unspecified atom stereocenters. The number of hydrogen-bond donors (Lipinski definition) is 4. The van der Waals surface area contributed by atoms with Crippen LogP contribution in [0.25, 0.3) is 11.4 Å². The molecule has 4 N–H and O–H groups in total. The van der Waals surface area contributed by atoms with Crippen LogP contribution in [0.1, 0.15) is 36.5 Å². The fourth-order valence-corrected chi connectivity index (χ4v) is 4.24. The van der Waals surface area contributed by atoms with E-state index in [1.54, 1.807) is 6.07 Å². The number of rotatable bonds is 6. The molecule has 1 aliphatic heterocycles. The quantitative estimate of drug-likeness (QED) is 0.439. The molecule has 7 nitrogen and oxygen atoms in total. The van der Waals surface area contributed by atoms with E-state index >= 15 is 0 Å². The third-order valence-corrected chi connectivity index (χ3v) is 6.03. The Morgan fingerprint density at radius 1 is 1.03 bits per heavy atom. The first kappa shape index (κ1) is 21.5. The standard InChI is InChI=1S/C23H29N5O2S/c1-15(2)18-11-19(21(30)12-20(18)29)22-25-26-23(31)28(22)14-17-5-3-4-16(10-17)13-27-8-6-24-7-9-27/h3-5,10-12,15,24,29-30H,6-9,13-14H2,1-2H3,(H,26,31). The van der Waals surface area contributed by atoms with Gasteiger partial charge < -0.3 is 15.5 Å². The largest absolute Gasteiger partial charge is 0.508 e. The molecule has 0 bridgehead atoms. The summed E-state index contributed by atoms with van der Waals surface area (Å²) >= 11 is 5.49. The molecule has 1 saturated heterocycles. The summed E-state index contributed by atoms with van der Waals surface area (Å²) in [5.74, 6) is 0.718. The first-order valence-electron chi connectivity index (χ1n) is 10.6. The van der Waals surface area contributed by atoms with Crippen molar-refractivity contribution in [1.82, 2.24) is 25.0 Å². The van der Waals surface area contributed by atoms with Gasteiger partial charge in [0.1, 0.15) is 11.5 Å². The molecular weight excluding hydrogens is 410 g/mol. The number of aromatic hydroxyl groups is 2. The van der Waals surface area contributed by atoms with Gasteiger partial charge in [-0.1, -0.05) is 38.1 Å². The van der Waals surface area contributed by atoms with Gasteiger partial charge in [0.15, 0.2) is 10.6 Å². The Morgan fingerprint density at radius 3 is 2.45 bits per heavy atom. The van der Waals surface area contributed by atoms with Gasteiger partial charge in [0, 0.05) is 38.8 Å². The van der Waals surface area contributed by atoms with Crippen LogP contribution in [-0.4, -0.2) is 56.1 Å². The first-order valence-corrected chi connectivity index (χ1v) is 11.1. The molecule has 2 heterocycles. The van der Waals surface area contributed by atoms with Crippen LogP contribution in [0.4, 0.5) is 0 Å². The van der Waals surface area contributed by atoms with Crippen molar-refractivity contribution >= 4 is 12.2 Å². The lowest BCUT2D eigenvalue weighted by Crippen LogP contribution is -2.42. The van der Waals surface area contributed by atoms with Gasteiger partial charge in [-0.3, -0.25) is 14.6 Å².